The molecule has 0 aromatic heterocycles. The van der Waals surface area contributed by atoms with E-state index >= 15 is 0 Å². The fourth-order valence-corrected chi connectivity index (χ4v) is 6.41. The average molecular weight is 629 g/mol. The minimum Gasteiger partial charge on any atom is -0.413 e. The molecular weight excluding hydrogens is 590 g/mol. The van der Waals surface area contributed by atoms with Crippen molar-refractivity contribution < 1.29 is 32.6 Å². The van der Waals surface area contributed by atoms with Gasteiger partial charge in [-0.3, -0.25) is 9.53 Å². The number of nitrogens with zero attached hydrogens (tertiary/aromatic N) is 4. The van der Waals surface area contributed by atoms with Crippen molar-refractivity contribution in [1.82, 2.24) is 10.1 Å². The molecule has 0 bridgehead atoms. The van der Waals surface area contributed by atoms with Crippen LogP contribution in [-0.4, -0.2) is 70.7 Å². The molecule has 0 radical (unpaired) electrons. The molecule has 0 amide bonds. The first-order valence-corrected chi connectivity index (χ1v) is 15.4. The number of hydrogen-bond acceptors (Lipinski definition) is 11. The topological polar surface area (TPSA) is 164 Å². The van der Waals surface area contributed by atoms with E-state index in [1.807, 2.05) is 12.1 Å². The number of nitrogens with two attached hydrogens (primary N) is 1. The van der Waals surface area contributed by atoms with Crippen molar-refractivity contribution in [3.63, 3.8) is 0 Å². The summed E-state index contributed by atoms with van der Waals surface area (Å²) in [5, 5.41) is 29.7. The highest BCUT2D eigenvalue weighted by Crippen LogP contribution is 2.49. The molecule has 2 aliphatic heterocycles. The number of benzene rings is 1. The van der Waals surface area contributed by atoms with Crippen molar-refractivity contribution >= 4 is 31.5 Å². The van der Waals surface area contributed by atoms with Gasteiger partial charge in [-0.15, -0.1) is 0 Å². The second-order valence-corrected chi connectivity index (χ2v) is 12.8. The Bertz CT molecular complexity index is 1280. The maximum absolute atomic E-state index is 14.9. The highest BCUT2D eigenvalue weighted by atomic mass is 35.5. The maximum Gasteiger partial charge on any atom is 0.459 e. The van der Waals surface area contributed by atoms with Crippen LogP contribution in [0.25, 0.3) is 0 Å². The Balaban J connectivity index is 1.84. The van der Waals surface area contributed by atoms with Gasteiger partial charge in [0, 0.05) is 17.1 Å². The molecule has 2 aliphatic rings. The normalized spacial score (nSPS) is 24.3. The number of aliphatic hydroxyl groups excluding tert-OH is 1. The summed E-state index contributed by atoms with van der Waals surface area (Å²) < 4.78 is 52.2. The van der Waals surface area contributed by atoms with Crippen LogP contribution >= 0.6 is 19.3 Å². The van der Waals surface area contributed by atoms with Crippen LogP contribution in [0.2, 0.25) is 5.02 Å². The number of halogens is 2. The lowest BCUT2D eigenvalue weighted by Crippen LogP contribution is -2.62. The van der Waals surface area contributed by atoms with Crippen LogP contribution in [0.3, 0.4) is 0 Å². The minimum absolute atomic E-state index is 0.176. The number of aliphatic imine (C=N–C) groups is 1. The van der Waals surface area contributed by atoms with Gasteiger partial charge in [-0.2, -0.15) is 10.4 Å². The minimum atomic E-state index is -4.24. The van der Waals surface area contributed by atoms with Gasteiger partial charge in [0.15, 0.2) is 6.29 Å². The predicted octanol–water partition coefficient (Wildman–Crippen LogP) is 4.64. The maximum atomic E-state index is 14.9. The summed E-state index contributed by atoms with van der Waals surface area (Å²) in [5.74, 6) is 0.508. The van der Waals surface area contributed by atoms with Crippen LogP contribution in [0.1, 0.15) is 54.4 Å². The first-order chi connectivity index (χ1) is 19.7. The lowest BCUT2D eigenvalue weighted by Gasteiger charge is -2.46. The first-order valence-electron chi connectivity index (χ1n) is 13.5. The first kappa shape index (κ1) is 33.9. The van der Waals surface area contributed by atoms with Crippen LogP contribution in [-0.2, 0) is 18.6 Å². The van der Waals surface area contributed by atoms with Gasteiger partial charge in [-0.25, -0.2) is 19.0 Å². The van der Waals surface area contributed by atoms with E-state index in [0.29, 0.717) is 16.6 Å². The number of hydrazone groups is 1. The fourth-order valence-electron chi connectivity index (χ4n) is 4.49. The third-order valence-corrected chi connectivity index (χ3v) is 9.10. The summed E-state index contributed by atoms with van der Waals surface area (Å²) in [6.45, 7) is 8.65. The molecule has 1 aromatic carbocycles. The van der Waals surface area contributed by atoms with E-state index in [4.69, 9.17) is 35.9 Å². The third kappa shape index (κ3) is 7.68. The molecule has 232 valence electrons. The molecule has 0 saturated heterocycles. The molecule has 0 fully saturated rings. The lowest BCUT2D eigenvalue weighted by atomic mass is 9.80. The summed E-state index contributed by atoms with van der Waals surface area (Å²) in [5.41, 5.74) is 3.30. The zero-order valence-corrected chi connectivity index (χ0v) is 26.2. The largest absolute Gasteiger partial charge is 0.459 e. The summed E-state index contributed by atoms with van der Waals surface area (Å²) in [6, 6.07) is 7.24. The zero-order chi connectivity index (χ0) is 31.3. The molecule has 3 rings (SSSR count). The van der Waals surface area contributed by atoms with Crippen molar-refractivity contribution in [2.24, 2.45) is 15.8 Å². The fraction of sp³-hybridized carbons (Fsp3) is 0.593. The number of nitrogens with one attached hydrogen (secondary N) is 1. The van der Waals surface area contributed by atoms with Gasteiger partial charge < -0.3 is 24.8 Å². The summed E-state index contributed by atoms with van der Waals surface area (Å²) in [7, 11) is -4.24. The second kappa shape index (κ2) is 13.8. The SMILES string of the molecule is CC(C)O[C@@H](O)[C@H](C)NP(=O)(Oc1ccc(Cl)cc1)O[C@@H](C)[C@H](C)OC(C#N)(CF)C1(C)CC=C2CC(N)=NC=NN21. The smallest absolute Gasteiger partial charge is 0.413 e. The highest BCUT2D eigenvalue weighted by Gasteiger charge is 2.58. The molecule has 0 aliphatic carbocycles. The van der Waals surface area contributed by atoms with Crippen molar-refractivity contribution in [3.8, 4) is 11.8 Å². The summed E-state index contributed by atoms with van der Waals surface area (Å²) in [6.07, 6.45) is -0.0265. The Morgan fingerprint density at radius 1 is 1.29 bits per heavy atom. The lowest BCUT2D eigenvalue weighted by molar-refractivity contribution is -0.157. The van der Waals surface area contributed by atoms with Gasteiger partial charge in [0.1, 0.15) is 36.2 Å². The molecule has 2 heterocycles. The highest BCUT2D eigenvalue weighted by molar-refractivity contribution is 7.52. The van der Waals surface area contributed by atoms with Crippen LogP contribution in [0.4, 0.5) is 4.39 Å². The van der Waals surface area contributed by atoms with E-state index in [2.05, 4.69) is 15.2 Å². The van der Waals surface area contributed by atoms with Gasteiger partial charge in [0.25, 0.3) is 0 Å². The molecule has 7 atom stereocenters. The van der Waals surface area contributed by atoms with Gasteiger partial charge in [-0.05, 0) is 72.2 Å². The van der Waals surface area contributed by atoms with Gasteiger partial charge >= 0.3 is 7.75 Å². The van der Waals surface area contributed by atoms with Crippen LogP contribution in [0.5, 0.6) is 5.75 Å². The van der Waals surface area contributed by atoms with Crippen molar-refractivity contribution in [2.75, 3.05) is 6.67 Å². The standard InChI is InChI=1S/C27H39ClFN6O6P/c1-17(2)38-25(36)18(3)34-42(37,41-23-9-7-21(28)8-10-23)40-20(5)19(4)39-27(14-29,15-30)26(6)12-11-22-13-24(31)32-16-33-35(22)26/h7-11,16-20,25,36H,12-14H2,1-6H3,(H,34,37)(H2,31,32,33)/t18-,19-,20-,25+,26?,27?,42?/m0/s1. The second-order valence-electron chi connectivity index (χ2n) is 10.8. The number of fused-ring (bicyclic) bond motifs is 1. The van der Waals surface area contributed by atoms with Gasteiger partial charge in [0.2, 0.25) is 5.60 Å². The van der Waals surface area contributed by atoms with Gasteiger partial charge in [-0.1, -0.05) is 17.7 Å². The molecule has 42 heavy (non-hydrogen) atoms. The number of ether oxygens (including phenoxy) is 2. The molecule has 12 nitrogen and oxygen atoms in total. The van der Waals surface area contributed by atoms with E-state index in [0.717, 1.165) is 0 Å². The Morgan fingerprint density at radius 3 is 2.55 bits per heavy atom. The molecule has 3 unspecified atom stereocenters. The monoisotopic (exact) mass is 628 g/mol. The predicted molar refractivity (Wildman–Crippen MR) is 158 cm³/mol. The molecule has 0 saturated carbocycles. The van der Waals surface area contributed by atoms with E-state index in [9.17, 15) is 19.3 Å². The summed E-state index contributed by atoms with van der Waals surface area (Å²) >= 11 is 5.97. The third-order valence-electron chi connectivity index (χ3n) is 7.06. The summed E-state index contributed by atoms with van der Waals surface area (Å²) in [4.78, 5) is 4.02. The van der Waals surface area contributed by atoms with Crippen LogP contribution in [0.15, 0.2) is 46.1 Å². The van der Waals surface area contributed by atoms with Crippen molar-refractivity contribution in [2.45, 2.75) is 96.2 Å². The van der Waals surface area contributed by atoms with E-state index in [1.165, 1.54) is 23.5 Å². The average Bonchev–Trinajstić information content (AvgIpc) is 3.10. The Hall–Kier alpha value is -2.56. The Labute approximate surface area is 250 Å². The Morgan fingerprint density at radius 2 is 1.95 bits per heavy atom. The number of nitriles is 1. The quantitative estimate of drug-likeness (QED) is 0.195. The van der Waals surface area contributed by atoms with E-state index < -0.39 is 50.1 Å². The number of alkyl halides is 1. The number of aliphatic hydroxyl groups is 1. The van der Waals surface area contributed by atoms with Crippen molar-refractivity contribution in [3.05, 3.63) is 41.1 Å². The number of hydrogen-bond donors (Lipinski definition) is 3. The molecule has 0 spiro atoms. The van der Waals surface area contributed by atoms with Gasteiger partial charge in [0.05, 0.1) is 24.4 Å². The molecule has 4 N–H and O–H groups in total. The Kier molecular flexibility index (Phi) is 11.2. The molecule has 15 heteroatoms. The van der Waals surface area contributed by atoms with E-state index in [-0.39, 0.29) is 24.7 Å². The number of amidine groups is 1. The van der Waals surface area contributed by atoms with E-state index in [1.54, 1.807) is 53.7 Å². The van der Waals surface area contributed by atoms with Crippen molar-refractivity contribution in [1.29, 1.82) is 5.26 Å². The van der Waals surface area contributed by atoms with Crippen LogP contribution in [0, 0.1) is 11.3 Å². The molecule has 1 aromatic rings. The zero-order valence-electron chi connectivity index (χ0n) is 24.5. The number of rotatable bonds is 14. The van der Waals surface area contributed by atoms with Crippen LogP contribution < -0.4 is 15.3 Å². The molecular formula is C27H39ClFN6O6P.